The zero-order valence-corrected chi connectivity index (χ0v) is 21.4. The Morgan fingerprint density at radius 3 is 2.47 bits per heavy atom. The highest BCUT2D eigenvalue weighted by Crippen LogP contribution is 2.29. The highest BCUT2D eigenvalue weighted by atomic mass is 35.5. The zero-order chi connectivity index (χ0) is 27.7. The number of ether oxygens (including phenoxy) is 1. The Morgan fingerprint density at radius 1 is 1.03 bits per heavy atom. The lowest BCUT2D eigenvalue weighted by Crippen LogP contribution is -2.34. The minimum absolute atomic E-state index is 0.127. The molecule has 11 heteroatoms. The van der Waals surface area contributed by atoms with Gasteiger partial charge in [-0.1, -0.05) is 50.6 Å². The van der Waals surface area contributed by atoms with Crippen molar-refractivity contribution in [3.8, 4) is 11.4 Å². The number of alkyl halides is 3. The maximum atomic E-state index is 13.1. The molecule has 0 fully saturated rings. The number of fused-ring (bicyclic) bond motifs is 1. The summed E-state index contributed by atoms with van der Waals surface area (Å²) >= 11 is 6.30. The number of halogens is 4. The largest absolute Gasteiger partial charge is 0.573 e. The summed E-state index contributed by atoms with van der Waals surface area (Å²) < 4.78 is 43.4. The third-order valence-corrected chi connectivity index (χ3v) is 5.90. The van der Waals surface area contributed by atoms with Crippen molar-refractivity contribution in [2.45, 2.75) is 33.7 Å². The van der Waals surface area contributed by atoms with E-state index < -0.39 is 17.7 Å². The molecule has 4 rings (SSSR count). The highest BCUT2D eigenvalue weighted by Gasteiger charge is 2.31. The molecular formula is C27H24ClF3N4O3. The maximum Gasteiger partial charge on any atom is 0.573 e. The van der Waals surface area contributed by atoms with Crippen LogP contribution in [0.4, 0.5) is 18.9 Å². The van der Waals surface area contributed by atoms with E-state index in [2.05, 4.69) is 20.5 Å². The number of aromatic nitrogens is 2. The van der Waals surface area contributed by atoms with Gasteiger partial charge in [-0.25, -0.2) is 4.68 Å². The Kier molecular flexibility index (Phi) is 7.37. The molecule has 0 saturated heterocycles. The third kappa shape index (κ3) is 6.25. The molecule has 0 unspecified atom stereocenters. The Bertz CT molecular complexity index is 1510. The standard InChI is InChI=1S/C27H24ClF3N4O3/c1-26(2,3)25(37)32-14-16-10-11-21(28)19(12-16)24(36)34-22-8-5-9-23-20(22)15-33-35(23)17-6-4-7-18(13-17)38-27(29,30)31/h4-13,15H,14H2,1-3H3,(H,32,37)(H,34,36). The van der Waals surface area contributed by atoms with Gasteiger partial charge < -0.3 is 15.4 Å². The van der Waals surface area contributed by atoms with E-state index in [9.17, 15) is 22.8 Å². The number of anilines is 1. The van der Waals surface area contributed by atoms with Crippen LogP contribution in [-0.2, 0) is 11.3 Å². The summed E-state index contributed by atoms with van der Waals surface area (Å²) in [6.07, 6.45) is -3.32. The summed E-state index contributed by atoms with van der Waals surface area (Å²) in [6.45, 7) is 5.64. The number of benzene rings is 3. The van der Waals surface area contributed by atoms with E-state index in [0.29, 0.717) is 27.8 Å². The summed E-state index contributed by atoms with van der Waals surface area (Å²) in [6, 6.07) is 15.4. The van der Waals surface area contributed by atoms with Gasteiger partial charge in [0.25, 0.3) is 5.91 Å². The van der Waals surface area contributed by atoms with Gasteiger partial charge in [-0.3, -0.25) is 9.59 Å². The van der Waals surface area contributed by atoms with E-state index in [-0.39, 0.29) is 28.8 Å². The van der Waals surface area contributed by atoms with Crippen molar-refractivity contribution in [2.75, 3.05) is 5.32 Å². The zero-order valence-electron chi connectivity index (χ0n) is 20.7. The van der Waals surface area contributed by atoms with E-state index in [0.717, 1.165) is 0 Å². The average Bonchev–Trinajstić information content (AvgIpc) is 3.27. The molecule has 0 spiro atoms. The number of rotatable bonds is 6. The molecule has 0 aliphatic heterocycles. The van der Waals surface area contributed by atoms with Crippen LogP contribution >= 0.6 is 11.6 Å². The van der Waals surface area contributed by atoms with Crippen LogP contribution in [0.1, 0.15) is 36.7 Å². The molecule has 7 nitrogen and oxygen atoms in total. The Hall–Kier alpha value is -4.05. The first-order chi connectivity index (χ1) is 17.8. The van der Waals surface area contributed by atoms with Crippen LogP contribution in [0.2, 0.25) is 5.02 Å². The normalized spacial score (nSPS) is 11.9. The SMILES string of the molecule is CC(C)(C)C(=O)NCc1ccc(Cl)c(C(=O)Nc2cccc3c2cnn3-c2cccc(OC(F)(F)F)c2)c1. The lowest BCUT2D eigenvalue weighted by Gasteiger charge is -2.18. The predicted octanol–water partition coefficient (Wildman–Crippen LogP) is 6.49. The molecule has 4 aromatic rings. The molecule has 2 N–H and O–H groups in total. The summed E-state index contributed by atoms with van der Waals surface area (Å²) in [5.74, 6) is -0.978. The number of hydrogen-bond acceptors (Lipinski definition) is 4. The number of carbonyl (C=O) groups excluding carboxylic acids is 2. The van der Waals surface area contributed by atoms with E-state index in [4.69, 9.17) is 11.6 Å². The van der Waals surface area contributed by atoms with Crippen molar-refractivity contribution in [1.29, 1.82) is 0 Å². The smallest absolute Gasteiger partial charge is 0.406 e. The van der Waals surface area contributed by atoms with Crippen LogP contribution in [0.3, 0.4) is 0 Å². The Balaban J connectivity index is 1.58. The van der Waals surface area contributed by atoms with Gasteiger partial charge in [0, 0.05) is 23.4 Å². The molecule has 0 saturated carbocycles. The number of hydrogen-bond donors (Lipinski definition) is 2. The first kappa shape index (κ1) is 27.0. The minimum atomic E-state index is -4.82. The van der Waals surface area contributed by atoms with Crippen molar-refractivity contribution in [3.05, 3.63) is 83.0 Å². The predicted molar refractivity (Wildman–Crippen MR) is 138 cm³/mol. The number of nitrogens with one attached hydrogen (secondary N) is 2. The molecule has 1 aromatic heterocycles. The molecule has 0 aliphatic carbocycles. The van der Waals surface area contributed by atoms with Gasteiger partial charge in [-0.05, 0) is 42.0 Å². The van der Waals surface area contributed by atoms with Gasteiger partial charge in [-0.2, -0.15) is 5.10 Å². The molecule has 0 bridgehead atoms. The molecule has 1 heterocycles. The molecule has 38 heavy (non-hydrogen) atoms. The highest BCUT2D eigenvalue weighted by molar-refractivity contribution is 6.34. The van der Waals surface area contributed by atoms with E-state index in [1.54, 1.807) is 63.2 Å². The lowest BCUT2D eigenvalue weighted by atomic mass is 9.95. The van der Waals surface area contributed by atoms with Crippen LogP contribution in [0.25, 0.3) is 16.6 Å². The monoisotopic (exact) mass is 544 g/mol. The number of carbonyl (C=O) groups is 2. The van der Waals surface area contributed by atoms with Gasteiger partial charge in [0.15, 0.2) is 0 Å². The quantitative estimate of drug-likeness (QED) is 0.290. The van der Waals surface area contributed by atoms with Crippen LogP contribution in [0.15, 0.2) is 66.9 Å². The second-order valence-corrected chi connectivity index (χ2v) is 9.95. The van der Waals surface area contributed by atoms with Crippen molar-refractivity contribution in [2.24, 2.45) is 5.41 Å². The average molecular weight is 545 g/mol. The maximum absolute atomic E-state index is 13.1. The van der Waals surface area contributed by atoms with Crippen molar-refractivity contribution < 1.29 is 27.5 Å². The van der Waals surface area contributed by atoms with Gasteiger partial charge in [0.05, 0.1) is 33.7 Å². The van der Waals surface area contributed by atoms with Crippen LogP contribution in [0.5, 0.6) is 5.75 Å². The van der Waals surface area contributed by atoms with Gasteiger partial charge in [0.1, 0.15) is 5.75 Å². The van der Waals surface area contributed by atoms with Gasteiger partial charge >= 0.3 is 6.36 Å². The fourth-order valence-corrected chi connectivity index (χ4v) is 3.88. The third-order valence-electron chi connectivity index (χ3n) is 5.57. The number of nitrogens with zero attached hydrogens (tertiary/aromatic N) is 2. The Morgan fingerprint density at radius 2 is 1.76 bits per heavy atom. The summed E-state index contributed by atoms with van der Waals surface area (Å²) in [5, 5.41) is 10.8. The fraction of sp³-hybridized carbons (Fsp3) is 0.222. The summed E-state index contributed by atoms with van der Waals surface area (Å²) in [4.78, 5) is 25.3. The van der Waals surface area contributed by atoms with Crippen molar-refractivity contribution in [3.63, 3.8) is 0 Å². The molecule has 0 radical (unpaired) electrons. The summed E-state index contributed by atoms with van der Waals surface area (Å²) in [5.41, 5.74) is 1.70. The Labute approximate surface area is 221 Å². The van der Waals surface area contributed by atoms with Crippen molar-refractivity contribution >= 4 is 40.0 Å². The minimum Gasteiger partial charge on any atom is -0.406 e. The topological polar surface area (TPSA) is 85.3 Å². The van der Waals surface area contributed by atoms with E-state index in [1.807, 2.05) is 0 Å². The second kappa shape index (κ2) is 10.4. The molecule has 0 aliphatic rings. The molecule has 3 aromatic carbocycles. The molecule has 0 atom stereocenters. The molecule has 198 valence electrons. The van der Waals surface area contributed by atoms with Crippen LogP contribution < -0.4 is 15.4 Å². The van der Waals surface area contributed by atoms with Crippen LogP contribution in [0, 0.1) is 5.41 Å². The van der Waals surface area contributed by atoms with Crippen molar-refractivity contribution in [1.82, 2.24) is 15.1 Å². The lowest BCUT2D eigenvalue weighted by molar-refractivity contribution is -0.274. The molecular weight excluding hydrogens is 521 g/mol. The van der Waals surface area contributed by atoms with Gasteiger partial charge in [0.2, 0.25) is 5.91 Å². The van der Waals surface area contributed by atoms with E-state index >= 15 is 0 Å². The molecule has 2 amide bonds. The summed E-state index contributed by atoms with van der Waals surface area (Å²) in [7, 11) is 0. The van der Waals surface area contributed by atoms with E-state index in [1.165, 1.54) is 29.1 Å². The first-order valence-electron chi connectivity index (χ1n) is 11.5. The van der Waals surface area contributed by atoms with Crippen LogP contribution in [-0.4, -0.2) is 28.0 Å². The fourth-order valence-electron chi connectivity index (χ4n) is 3.67. The first-order valence-corrected chi connectivity index (χ1v) is 11.9. The van der Waals surface area contributed by atoms with Gasteiger partial charge in [-0.15, -0.1) is 13.2 Å². The second-order valence-electron chi connectivity index (χ2n) is 9.54. The number of amides is 2.